The number of fused-ring (bicyclic) bond motifs is 2. The van der Waals surface area contributed by atoms with Crippen LogP contribution in [-0.2, 0) is 25.7 Å². The van der Waals surface area contributed by atoms with Crippen LogP contribution in [-0.4, -0.2) is 41.8 Å². The van der Waals surface area contributed by atoms with Crippen LogP contribution in [0, 0.1) is 0 Å². The van der Waals surface area contributed by atoms with Gasteiger partial charge in [-0.1, -0.05) is 30.3 Å². The zero-order valence-electron chi connectivity index (χ0n) is 18.0. The number of hydrogen-bond donors (Lipinski definition) is 1. The van der Waals surface area contributed by atoms with E-state index in [1.807, 2.05) is 18.2 Å². The Morgan fingerprint density at radius 2 is 1.88 bits per heavy atom. The molecule has 0 saturated heterocycles. The number of halogens is 3. The SMILES string of the molecule is C[C@@H]1Cn2c(nnc2C(F)(F)F)CN1C(=O)c1cccc(Cc2n[nH]c(=O)c3ccccc23)c1. The van der Waals surface area contributed by atoms with E-state index in [2.05, 4.69) is 20.4 Å². The van der Waals surface area contributed by atoms with Crippen LogP contribution in [0.4, 0.5) is 13.2 Å². The van der Waals surface area contributed by atoms with Gasteiger partial charge in [-0.05, 0) is 30.7 Å². The Hall–Kier alpha value is -4.02. The van der Waals surface area contributed by atoms with E-state index in [4.69, 9.17) is 0 Å². The van der Waals surface area contributed by atoms with Crippen molar-refractivity contribution < 1.29 is 18.0 Å². The van der Waals surface area contributed by atoms with E-state index >= 15 is 0 Å². The van der Waals surface area contributed by atoms with Crippen LogP contribution in [0.3, 0.4) is 0 Å². The van der Waals surface area contributed by atoms with E-state index < -0.39 is 18.0 Å². The number of rotatable bonds is 3. The molecule has 0 bridgehead atoms. The van der Waals surface area contributed by atoms with Gasteiger partial charge in [0.05, 0.1) is 17.6 Å². The molecule has 1 N–H and O–H groups in total. The first kappa shape index (κ1) is 21.8. The van der Waals surface area contributed by atoms with Gasteiger partial charge in [-0.2, -0.15) is 18.3 Å². The van der Waals surface area contributed by atoms with Gasteiger partial charge in [0.1, 0.15) is 0 Å². The number of aromatic amines is 1. The summed E-state index contributed by atoms with van der Waals surface area (Å²) in [4.78, 5) is 26.8. The Morgan fingerprint density at radius 1 is 1.12 bits per heavy atom. The van der Waals surface area contributed by atoms with Crippen LogP contribution in [0.15, 0.2) is 53.3 Å². The average molecular weight is 468 g/mol. The zero-order chi connectivity index (χ0) is 24.0. The Bertz CT molecular complexity index is 1460. The summed E-state index contributed by atoms with van der Waals surface area (Å²) < 4.78 is 40.5. The molecule has 1 aliphatic rings. The third-order valence-electron chi connectivity index (χ3n) is 5.95. The second kappa shape index (κ2) is 8.08. The number of H-pyrrole nitrogens is 1. The number of amides is 1. The minimum Gasteiger partial charge on any atom is -0.327 e. The van der Waals surface area contributed by atoms with Gasteiger partial charge in [0.15, 0.2) is 5.82 Å². The van der Waals surface area contributed by atoms with Crippen LogP contribution in [0.5, 0.6) is 0 Å². The van der Waals surface area contributed by atoms with E-state index in [0.29, 0.717) is 23.1 Å². The van der Waals surface area contributed by atoms with Crippen LogP contribution >= 0.6 is 0 Å². The molecule has 11 heteroatoms. The Balaban J connectivity index is 1.41. The quantitative estimate of drug-likeness (QED) is 0.498. The first-order chi connectivity index (χ1) is 16.2. The molecule has 2 aromatic heterocycles. The minimum atomic E-state index is -4.61. The standard InChI is InChI=1S/C23H19F3N6O2/c1-13-11-32-19(28-30-22(32)23(24,25)26)12-31(13)21(34)15-6-4-5-14(9-15)10-18-16-7-2-3-8-17(16)20(33)29-27-18/h2-9,13H,10-12H2,1H3,(H,29,33)/t13-/m1/s1. The molecule has 0 fully saturated rings. The Kier molecular flexibility index (Phi) is 5.18. The highest BCUT2D eigenvalue weighted by atomic mass is 19.4. The van der Waals surface area contributed by atoms with Crippen molar-refractivity contribution in [3.05, 3.63) is 87.4 Å². The summed E-state index contributed by atoms with van der Waals surface area (Å²) in [6.07, 6.45) is -4.22. The number of nitrogens with one attached hydrogen (secondary N) is 1. The lowest BCUT2D eigenvalue weighted by atomic mass is 10.0. The average Bonchev–Trinajstić information content (AvgIpc) is 3.23. The molecule has 1 aliphatic heterocycles. The molecule has 34 heavy (non-hydrogen) atoms. The molecular formula is C23H19F3N6O2. The summed E-state index contributed by atoms with van der Waals surface area (Å²) in [7, 11) is 0. The fraction of sp³-hybridized carbons (Fsp3) is 0.261. The Labute approximate surface area is 191 Å². The van der Waals surface area contributed by atoms with Crippen molar-refractivity contribution in [3.8, 4) is 0 Å². The largest absolute Gasteiger partial charge is 0.451 e. The monoisotopic (exact) mass is 468 g/mol. The lowest BCUT2D eigenvalue weighted by molar-refractivity contribution is -0.148. The fourth-order valence-electron chi connectivity index (χ4n) is 4.28. The molecule has 1 atom stereocenters. The van der Waals surface area contributed by atoms with Crippen molar-refractivity contribution in [1.29, 1.82) is 0 Å². The molecule has 2 aromatic carbocycles. The van der Waals surface area contributed by atoms with Gasteiger partial charge in [0, 0.05) is 30.0 Å². The van der Waals surface area contributed by atoms with Gasteiger partial charge < -0.3 is 9.47 Å². The predicted octanol–water partition coefficient (Wildman–Crippen LogP) is 3.17. The van der Waals surface area contributed by atoms with Crippen LogP contribution in [0.2, 0.25) is 0 Å². The maximum Gasteiger partial charge on any atom is 0.451 e. The normalized spacial score (nSPS) is 16.0. The van der Waals surface area contributed by atoms with Gasteiger partial charge in [-0.25, -0.2) is 5.10 Å². The number of benzene rings is 2. The summed E-state index contributed by atoms with van der Waals surface area (Å²) in [5.41, 5.74) is 1.60. The smallest absolute Gasteiger partial charge is 0.327 e. The maximum atomic E-state index is 13.3. The number of alkyl halides is 3. The molecule has 4 aromatic rings. The van der Waals surface area contributed by atoms with E-state index in [1.54, 1.807) is 37.3 Å². The zero-order valence-corrected chi connectivity index (χ0v) is 18.0. The lowest BCUT2D eigenvalue weighted by Gasteiger charge is -2.34. The predicted molar refractivity (Wildman–Crippen MR) is 116 cm³/mol. The summed E-state index contributed by atoms with van der Waals surface area (Å²) in [5.74, 6) is -1.26. The summed E-state index contributed by atoms with van der Waals surface area (Å²) in [6.45, 7) is 1.58. The molecule has 0 spiro atoms. The van der Waals surface area contributed by atoms with Crippen LogP contribution in [0.25, 0.3) is 10.8 Å². The number of carbonyl (C=O) groups is 1. The first-order valence-electron chi connectivity index (χ1n) is 10.6. The molecule has 8 nitrogen and oxygen atoms in total. The van der Waals surface area contributed by atoms with Crippen molar-refractivity contribution in [2.24, 2.45) is 0 Å². The van der Waals surface area contributed by atoms with Gasteiger partial charge in [-0.15, -0.1) is 10.2 Å². The molecule has 0 radical (unpaired) electrons. The van der Waals surface area contributed by atoms with E-state index in [1.165, 1.54) is 4.90 Å². The summed E-state index contributed by atoms with van der Waals surface area (Å²) in [6, 6.07) is 13.7. The second-order valence-corrected chi connectivity index (χ2v) is 8.25. The van der Waals surface area contributed by atoms with Gasteiger partial charge in [0.2, 0.25) is 5.82 Å². The molecule has 0 saturated carbocycles. The van der Waals surface area contributed by atoms with Crippen molar-refractivity contribution in [2.45, 2.75) is 38.7 Å². The van der Waals surface area contributed by atoms with Gasteiger partial charge in [-0.3, -0.25) is 9.59 Å². The van der Waals surface area contributed by atoms with Gasteiger partial charge in [0.25, 0.3) is 11.5 Å². The van der Waals surface area contributed by atoms with Crippen LogP contribution in [0.1, 0.15) is 40.2 Å². The molecule has 1 amide bonds. The molecule has 3 heterocycles. The van der Waals surface area contributed by atoms with Crippen LogP contribution < -0.4 is 5.56 Å². The number of aromatic nitrogens is 5. The van der Waals surface area contributed by atoms with Crippen molar-refractivity contribution in [3.63, 3.8) is 0 Å². The van der Waals surface area contributed by atoms with Crippen molar-refractivity contribution in [2.75, 3.05) is 0 Å². The number of carbonyl (C=O) groups excluding carboxylic acids is 1. The molecule has 0 unspecified atom stereocenters. The highest BCUT2D eigenvalue weighted by molar-refractivity contribution is 5.94. The van der Waals surface area contributed by atoms with Crippen molar-refractivity contribution >= 4 is 16.7 Å². The molecular weight excluding hydrogens is 449 g/mol. The molecule has 174 valence electrons. The number of nitrogens with zero attached hydrogens (tertiary/aromatic N) is 5. The topological polar surface area (TPSA) is 96.8 Å². The number of hydrogen-bond acceptors (Lipinski definition) is 5. The van der Waals surface area contributed by atoms with Gasteiger partial charge >= 0.3 is 6.18 Å². The first-order valence-corrected chi connectivity index (χ1v) is 10.6. The minimum absolute atomic E-state index is 0.0457. The highest BCUT2D eigenvalue weighted by Gasteiger charge is 2.41. The Morgan fingerprint density at radius 3 is 2.65 bits per heavy atom. The van der Waals surface area contributed by atoms with E-state index in [0.717, 1.165) is 15.5 Å². The van der Waals surface area contributed by atoms with Crippen molar-refractivity contribution in [1.82, 2.24) is 29.9 Å². The van der Waals surface area contributed by atoms with E-state index in [9.17, 15) is 22.8 Å². The van der Waals surface area contributed by atoms with E-state index in [-0.39, 0.29) is 30.4 Å². The lowest BCUT2D eigenvalue weighted by Crippen LogP contribution is -2.45. The maximum absolute atomic E-state index is 13.3. The second-order valence-electron chi connectivity index (χ2n) is 8.25. The highest BCUT2D eigenvalue weighted by Crippen LogP contribution is 2.31. The summed E-state index contributed by atoms with van der Waals surface area (Å²) >= 11 is 0. The summed E-state index contributed by atoms with van der Waals surface area (Å²) in [5, 5.41) is 14.9. The fourth-order valence-corrected chi connectivity index (χ4v) is 4.28. The molecule has 5 rings (SSSR count). The molecule has 0 aliphatic carbocycles. The third kappa shape index (κ3) is 3.82. The third-order valence-corrected chi connectivity index (χ3v) is 5.95.